The number of halogens is 3. The summed E-state index contributed by atoms with van der Waals surface area (Å²) in [5.41, 5.74) is -1.07. The lowest BCUT2D eigenvalue weighted by Gasteiger charge is -2.15. The molecule has 0 amide bonds. The van der Waals surface area contributed by atoms with Gasteiger partial charge in [0.1, 0.15) is 11.9 Å². The van der Waals surface area contributed by atoms with E-state index in [1.54, 1.807) is 0 Å². The van der Waals surface area contributed by atoms with Gasteiger partial charge in [0.15, 0.2) is 0 Å². The van der Waals surface area contributed by atoms with Crippen molar-refractivity contribution in [2.24, 2.45) is 0 Å². The molecular weight excluding hydrogens is 233 g/mol. The Bertz CT molecular complexity index is 494. The summed E-state index contributed by atoms with van der Waals surface area (Å²) in [4.78, 5) is 6.33. The largest absolute Gasteiger partial charge is 0.416 e. The van der Waals surface area contributed by atoms with Crippen molar-refractivity contribution in [2.45, 2.75) is 12.3 Å². The van der Waals surface area contributed by atoms with E-state index in [1.165, 1.54) is 30.6 Å². The van der Waals surface area contributed by atoms with Crippen molar-refractivity contribution in [3.05, 3.63) is 53.6 Å². The Morgan fingerprint density at radius 2 is 1.94 bits per heavy atom. The molecule has 0 saturated heterocycles. The standard InChI is InChI=1S/C11H9F3N2O/c12-11(13,14)8-4-2-1-3-7(8)9(17)10-15-5-6-16-10/h1-6,9,17H,(H,15,16). The maximum absolute atomic E-state index is 12.7. The second-order valence-electron chi connectivity index (χ2n) is 3.46. The molecule has 0 bridgehead atoms. The second kappa shape index (κ2) is 4.21. The van der Waals surface area contributed by atoms with Crippen molar-refractivity contribution in [3.63, 3.8) is 0 Å². The number of nitrogens with zero attached hydrogens (tertiary/aromatic N) is 1. The van der Waals surface area contributed by atoms with E-state index in [0.717, 1.165) is 6.07 Å². The summed E-state index contributed by atoms with van der Waals surface area (Å²) in [5, 5.41) is 9.83. The zero-order valence-corrected chi connectivity index (χ0v) is 8.57. The van der Waals surface area contributed by atoms with Crippen LogP contribution in [0, 0.1) is 0 Å². The monoisotopic (exact) mass is 242 g/mol. The molecule has 2 rings (SSSR count). The third-order valence-electron chi connectivity index (χ3n) is 2.34. The molecule has 0 aliphatic heterocycles. The number of rotatable bonds is 2. The zero-order valence-electron chi connectivity index (χ0n) is 8.57. The molecular formula is C11H9F3N2O. The number of nitrogens with one attached hydrogen (secondary N) is 1. The molecule has 3 nitrogen and oxygen atoms in total. The summed E-state index contributed by atoms with van der Waals surface area (Å²) in [6.07, 6.45) is -3.10. The van der Waals surface area contributed by atoms with E-state index in [2.05, 4.69) is 9.97 Å². The molecule has 17 heavy (non-hydrogen) atoms. The Hall–Kier alpha value is -1.82. The maximum atomic E-state index is 12.7. The minimum absolute atomic E-state index is 0.0849. The van der Waals surface area contributed by atoms with Gasteiger partial charge in [-0.1, -0.05) is 18.2 Å². The summed E-state index contributed by atoms with van der Waals surface area (Å²) >= 11 is 0. The lowest BCUT2D eigenvalue weighted by Crippen LogP contribution is -2.13. The van der Waals surface area contributed by atoms with Gasteiger partial charge >= 0.3 is 6.18 Å². The van der Waals surface area contributed by atoms with Gasteiger partial charge in [0.2, 0.25) is 0 Å². The molecule has 0 fully saturated rings. The molecule has 1 aromatic heterocycles. The highest BCUT2D eigenvalue weighted by Crippen LogP contribution is 2.35. The number of imidazole rings is 1. The van der Waals surface area contributed by atoms with Gasteiger partial charge in [0.05, 0.1) is 5.56 Å². The highest BCUT2D eigenvalue weighted by molar-refractivity contribution is 5.34. The third-order valence-corrected chi connectivity index (χ3v) is 2.34. The predicted octanol–water partition coefficient (Wildman–Crippen LogP) is 2.51. The van der Waals surface area contributed by atoms with E-state index in [9.17, 15) is 18.3 Å². The van der Waals surface area contributed by atoms with Crippen LogP contribution in [-0.2, 0) is 6.18 Å². The fourth-order valence-corrected chi connectivity index (χ4v) is 1.57. The SMILES string of the molecule is OC(c1ncc[nH]1)c1ccccc1C(F)(F)F. The quantitative estimate of drug-likeness (QED) is 0.850. The number of hydrogen-bond donors (Lipinski definition) is 2. The van der Waals surface area contributed by atoms with Crippen molar-refractivity contribution >= 4 is 0 Å². The van der Waals surface area contributed by atoms with E-state index >= 15 is 0 Å². The molecule has 0 aliphatic carbocycles. The van der Waals surface area contributed by atoms with Crippen LogP contribution in [0.4, 0.5) is 13.2 Å². The number of benzene rings is 1. The van der Waals surface area contributed by atoms with Crippen LogP contribution in [0.1, 0.15) is 23.1 Å². The van der Waals surface area contributed by atoms with Crippen molar-refractivity contribution in [1.29, 1.82) is 0 Å². The highest BCUT2D eigenvalue weighted by atomic mass is 19.4. The first-order valence-corrected chi connectivity index (χ1v) is 4.83. The van der Waals surface area contributed by atoms with Crippen molar-refractivity contribution < 1.29 is 18.3 Å². The first kappa shape index (κ1) is 11.7. The number of aliphatic hydroxyl groups is 1. The van der Waals surface area contributed by atoms with Gasteiger partial charge < -0.3 is 10.1 Å². The fourth-order valence-electron chi connectivity index (χ4n) is 1.57. The van der Waals surface area contributed by atoms with Crippen LogP contribution in [0.2, 0.25) is 0 Å². The average molecular weight is 242 g/mol. The van der Waals surface area contributed by atoms with Crippen molar-refractivity contribution in [2.75, 3.05) is 0 Å². The molecule has 0 aliphatic rings. The first-order chi connectivity index (χ1) is 8.00. The van der Waals surface area contributed by atoms with Crippen LogP contribution in [0.25, 0.3) is 0 Å². The van der Waals surface area contributed by atoms with Gasteiger partial charge in [-0.3, -0.25) is 0 Å². The summed E-state index contributed by atoms with van der Waals surface area (Å²) < 4.78 is 38.1. The number of aliphatic hydroxyl groups excluding tert-OH is 1. The van der Waals surface area contributed by atoms with Crippen molar-refractivity contribution in [1.82, 2.24) is 9.97 Å². The van der Waals surface area contributed by atoms with Gasteiger partial charge in [-0.15, -0.1) is 0 Å². The molecule has 2 aromatic rings. The highest BCUT2D eigenvalue weighted by Gasteiger charge is 2.35. The van der Waals surface area contributed by atoms with Gasteiger partial charge in [-0.25, -0.2) is 4.98 Å². The van der Waals surface area contributed by atoms with Crippen LogP contribution >= 0.6 is 0 Å². The lowest BCUT2D eigenvalue weighted by atomic mass is 10.0. The van der Waals surface area contributed by atoms with E-state index in [4.69, 9.17) is 0 Å². The van der Waals surface area contributed by atoms with E-state index < -0.39 is 17.8 Å². The molecule has 0 radical (unpaired) electrons. The molecule has 90 valence electrons. The Morgan fingerprint density at radius 1 is 1.24 bits per heavy atom. The molecule has 0 spiro atoms. The Labute approximate surface area is 94.9 Å². The Balaban J connectivity index is 2.46. The van der Waals surface area contributed by atoms with E-state index in [0.29, 0.717) is 0 Å². The molecule has 6 heteroatoms. The third kappa shape index (κ3) is 2.31. The van der Waals surface area contributed by atoms with Crippen LogP contribution in [-0.4, -0.2) is 15.1 Å². The van der Waals surface area contributed by atoms with Gasteiger partial charge in [0, 0.05) is 18.0 Å². The Morgan fingerprint density at radius 3 is 2.53 bits per heavy atom. The van der Waals surface area contributed by atoms with E-state index in [-0.39, 0.29) is 11.4 Å². The summed E-state index contributed by atoms with van der Waals surface area (Å²) in [6, 6.07) is 4.88. The van der Waals surface area contributed by atoms with Crippen molar-refractivity contribution in [3.8, 4) is 0 Å². The fraction of sp³-hybridized carbons (Fsp3) is 0.182. The van der Waals surface area contributed by atoms with Gasteiger partial charge in [0.25, 0.3) is 0 Å². The molecule has 1 heterocycles. The average Bonchev–Trinajstić information content (AvgIpc) is 2.80. The predicted molar refractivity (Wildman–Crippen MR) is 54.1 cm³/mol. The van der Waals surface area contributed by atoms with Crippen LogP contribution in [0.5, 0.6) is 0 Å². The van der Waals surface area contributed by atoms with Crippen LogP contribution in [0.3, 0.4) is 0 Å². The summed E-state index contributed by atoms with van der Waals surface area (Å²) in [7, 11) is 0. The van der Waals surface area contributed by atoms with Crippen LogP contribution < -0.4 is 0 Å². The zero-order chi connectivity index (χ0) is 12.5. The second-order valence-corrected chi connectivity index (χ2v) is 3.46. The summed E-state index contributed by atoms with van der Waals surface area (Å²) in [5.74, 6) is 0.0849. The number of H-pyrrole nitrogens is 1. The molecule has 1 aromatic carbocycles. The molecule has 1 atom stereocenters. The first-order valence-electron chi connectivity index (χ1n) is 4.83. The lowest BCUT2D eigenvalue weighted by molar-refractivity contribution is -0.139. The van der Waals surface area contributed by atoms with Gasteiger partial charge in [-0.2, -0.15) is 13.2 Å². The van der Waals surface area contributed by atoms with Crippen LogP contribution in [0.15, 0.2) is 36.7 Å². The van der Waals surface area contributed by atoms with E-state index in [1.807, 2.05) is 0 Å². The Kier molecular flexibility index (Phi) is 2.89. The van der Waals surface area contributed by atoms with Gasteiger partial charge in [-0.05, 0) is 6.07 Å². The normalized spacial score (nSPS) is 13.6. The molecule has 0 saturated carbocycles. The minimum Gasteiger partial charge on any atom is -0.380 e. The number of aromatic nitrogens is 2. The smallest absolute Gasteiger partial charge is 0.380 e. The minimum atomic E-state index is -4.50. The maximum Gasteiger partial charge on any atom is 0.416 e. The number of aromatic amines is 1. The number of alkyl halides is 3. The topological polar surface area (TPSA) is 48.9 Å². The number of hydrogen-bond acceptors (Lipinski definition) is 2. The summed E-state index contributed by atoms with van der Waals surface area (Å²) in [6.45, 7) is 0. The molecule has 1 unspecified atom stereocenters. The molecule has 2 N–H and O–H groups in total.